The zero-order valence-electron chi connectivity index (χ0n) is 14.1. The van der Waals surface area contributed by atoms with E-state index in [1.54, 1.807) is 31.4 Å². The van der Waals surface area contributed by atoms with Gasteiger partial charge in [-0.25, -0.2) is 0 Å². The number of carbonyl (C=O) groups is 1. The Hall–Kier alpha value is -1.24. The van der Waals surface area contributed by atoms with Gasteiger partial charge in [-0.2, -0.15) is 0 Å². The van der Waals surface area contributed by atoms with Crippen molar-refractivity contribution in [3.63, 3.8) is 0 Å². The molecular formula is C16H25ClN2O3S. The standard InChI is InChI=1S/C16H24N2O3S.ClH/c1-5-18(3,6-2)11-12-22-16(17-20)15(19)13-7-9-14(21-4)10-8-13;/h7-10H,5-6,11-12H2,1-4H3;1H. The number of Topliss-reactive ketones (excluding diaryl/α,β-unsaturated/α-hetero) is 1. The number of nitrogens with zero attached hydrogens (tertiary/aromatic N) is 2. The van der Waals surface area contributed by atoms with Gasteiger partial charge in [-0.15, -0.1) is 0 Å². The first-order valence-corrected chi connectivity index (χ1v) is 8.35. The maximum absolute atomic E-state index is 12.3. The number of carbonyl (C=O) groups excluding carboxylic acids is 1. The van der Waals surface area contributed by atoms with Gasteiger partial charge in [-0.1, -0.05) is 16.9 Å². The Bertz CT molecular complexity index is 517. The summed E-state index contributed by atoms with van der Waals surface area (Å²) in [5.74, 6) is 1.16. The number of benzene rings is 1. The van der Waals surface area contributed by atoms with Gasteiger partial charge < -0.3 is 26.8 Å². The summed E-state index contributed by atoms with van der Waals surface area (Å²) in [6.45, 7) is 7.30. The molecule has 0 amide bonds. The molecule has 23 heavy (non-hydrogen) atoms. The molecule has 1 N–H and O–H groups in total. The molecule has 0 aliphatic rings. The largest absolute Gasteiger partial charge is 1.00 e. The van der Waals surface area contributed by atoms with Crippen molar-refractivity contribution in [2.45, 2.75) is 13.8 Å². The second kappa shape index (κ2) is 10.5. The number of hydrogen-bond donors (Lipinski definition) is 1. The molecule has 0 atom stereocenters. The van der Waals surface area contributed by atoms with Crippen LogP contribution < -0.4 is 17.1 Å². The van der Waals surface area contributed by atoms with Gasteiger partial charge in [0.2, 0.25) is 5.78 Å². The molecule has 0 aliphatic heterocycles. The minimum atomic E-state index is -0.266. The van der Waals surface area contributed by atoms with E-state index < -0.39 is 0 Å². The lowest BCUT2D eigenvalue weighted by Crippen LogP contribution is -3.00. The van der Waals surface area contributed by atoms with Gasteiger partial charge in [0.15, 0.2) is 5.04 Å². The first kappa shape index (κ1) is 21.8. The molecule has 0 fully saturated rings. The second-order valence-corrected chi connectivity index (χ2v) is 6.37. The molecule has 1 rings (SSSR count). The predicted molar refractivity (Wildman–Crippen MR) is 91.1 cm³/mol. The van der Waals surface area contributed by atoms with Crippen molar-refractivity contribution >= 4 is 22.6 Å². The third kappa shape index (κ3) is 6.41. The van der Waals surface area contributed by atoms with Crippen LogP contribution >= 0.6 is 11.8 Å². The minimum Gasteiger partial charge on any atom is -1.00 e. The number of methoxy groups -OCH3 is 1. The number of rotatable bonds is 8. The van der Waals surface area contributed by atoms with Crippen molar-refractivity contribution in [2.24, 2.45) is 5.16 Å². The average molecular weight is 361 g/mol. The highest BCUT2D eigenvalue weighted by Crippen LogP contribution is 2.16. The van der Waals surface area contributed by atoms with E-state index in [0.717, 1.165) is 29.9 Å². The molecular weight excluding hydrogens is 336 g/mol. The number of thioether (sulfide) groups is 1. The van der Waals surface area contributed by atoms with Crippen LogP contribution in [0.4, 0.5) is 0 Å². The van der Waals surface area contributed by atoms with E-state index in [0.29, 0.717) is 11.3 Å². The number of halogens is 1. The topological polar surface area (TPSA) is 58.9 Å². The van der Waals surface area contributed by atoms with Gasteiger partial charge in [0.05, 0.1) is 33.8 Å². The van der Waals surface area contributed by atoms with Crippen molar-refractivity contribution in [1.82, 2.24) is 0 Å². The van der Waals surface area contributed by atoms with Gasteiger partial charge in [-0.3, -0.25) is 4.79 Å². The third-order valence-electron chi connectivity index (χ3n) is 4.03. The number of oxime groups is 1. The summed E-state index contributed by atoms with van der Waals surface area (Å²) in [5, 5.41) is 12.4. The highest BCUT2D eigenvalue weighted by atomic mass is 35.5. The Morgan fingerprint density at radius 3 is 2.26 bits per heavy atom. The van der Waals surface area contributed by atoms with Crippen LogP contribution in [-0.4, -0.2) is 60.1 Å². The Kier molecular flexibility index (Phi) is 9.95. The molecule has 1 aromatic carbocycles. The number of ether oxygens (including phenoxy) is 1. The third-order valence-corrected chi connectivity index (χ3v) is 4.96. The maximum Gasteiger partial charge on any atom is 0.221 e. The first-order valence-electron chi connectivity index (χ1n) is 7.36. The lowest BCUT2D eigenvalue weighted by Gasteiger charge is -2.31. The molecule has 7 heteroatoms. The Morgan fingerprint density at radius 2 is 1.83 bits per heavy atom. The summed E-state index contributed by atoms with van der Waals surface area (Å²) in [5.41, 5.74) is 0.490. The minimum absolute atomic E-state index is 0. The quantitative estimate of drug-likeness (QED) is 0.175. The van der Waals surface area contributed by atoms with Crippen molar-refractivity contribution in [1.29, 1.82) is 0 Å². The van der Waals surface area contributed by atoms with E-state index in [1.165, 1.54) is 11.8 Å². The number of ketones is 1. The molecule has 0 heterocycles. The van der Waals surface area contributed by atoms with Gasteiger partial charge in [0, 0.05) is 11.3 Å². The Morgan fingerprint density at radius 1 is 1.26 bits per heavy atom. The highest BCUT2D eigenvalue weighted by molar-refractivity contribution is 8.15. The lowest BCUT2D eigenvalue weighted by molar-refractivity contribution is -0.903. The van der Waals surface area contributed by atoms with Crippen LogP contribution in [0.2, 0.25) is 0 Å². The number of quaternary nitrogens is 1. The fraction of sp³-hybridized carbons (Fsp3) is 0.500. The van der Waals surface area contributed by atoms with E-state index in [-0.39, 0.29) is 23.2 Å². The summed E-state index contributed by atoms with van der Waals surface area (Å²) in [4.78, 5) is 12.3. The van der Waals surface area contributed by atoms with E-state index in [9.17, 15) is 4.79 Å². The van der Waals surface area contributed by atoms with E-state index in [2.05, 4.69) is 26.1 Å². The monoisotopic (exact) mass is 360 g/mol. The van der Waals surface area contributed by atoms with Gasteiger partial charge in [0.1, 0.15) is 5.75 Å². The molecule has 1 aromatic rings. The molecule has 0 saturated heterocycles. The van der Waals surface area contributed by atoms with Crippen molar-refractivity contribution in [3.05, 3.63) is 29.8 Å². The van der Waals surface area contributed by atoms with E-state index >= 15 is 0 Å². The lowest BCUT2D eigenvalue weighted by atomic mass is 10.1. The van der Waals surface area contributed by atoms with Crippen LogP contribution in [0, 0.1) is 0 Å². The SMILES string of the molecule is CC[N+](C)(CC)CCS/C(=N\O)C(=O)c1ccc(OC)cc1.[Cl-]. The maximum atomic E-state index is 12.3. The van der Waals surface area contributed by atoms with Crippen LogP contribution in [0.15, 0.2) is 29.4 Å². The van der Waals surface area contributed by atoms with Gasteiger partial charge in [0.25, 0.3) is 0 Å². The molecule has 0 aromatic heterocycles. The van der Waals surface area contributed by atoms with Crippen LogP contribution in [0.3, 0.4) is 0 Å². The smallest absolute Gasteiger partial charge is 0.221 e. The zero-order valence-corrected chi connectivity index (χ0v) is 15.7. The Balaban J connectivity index is 0.00000484. The van der Waals surface area contributed by atoms with Crippen LogP contribution in [0.5, 0.6) is 5.75 Å². The fourth-order valence-corrected chi connectivity index (χ4v) is 2.94. The molecule has 5 nitrogen and oxygen atoms in total. The van der Waals surface area contributed by atoms with Crippen molar-refractivity contribution in [3.8, 4) is 5.75 Å². The van der Waals surface area contributed by atoms with Gasteiger partial charge in [-0.05, 0) is 38.1 Å². The molecule has 130 valence electrons. The zero-order chi connectivity index (χ0) is 16.6. The first-order chi connectivity index (χ1) is 10.5. The Labute approximate surface area is 148 Å². The fourth-order valence-electron chi connectivity index (χ4n) is 1.91. The summed E-state index contributed by atoms with van der Waals surface area (Å²) >= 11 is 1.30. The second-order valence-electron chi connectivity index (χ2n) is 5.29. The summed E-state index contributed by atoms with van der Waals surface area (Å²) in [6, 6.07) is 6.78. The predicted octanol–water partition coefficient (Wildman–Crippen LogP) is -0.111. The van der Waals surface area contributed by atoms with Crippen molar-refractivity contribution < 1.29 is 31.6 Å². The molecule has 0 bridgehead atoms. The molecule has 0 unspecified atom stereocenters. The summed E-state index contributed by atoms with van der Waals surface area (Å²) < 4.78 is 6.00. The van der Waals surface area contributed by atoms with Gasteiger partial charge >= 0.3 is 0 Å². The molecule has 0 spiro atoms. The average Bonchev–Trinajstić information content (AvgIpc) is 2.58. The summed E-state index contributed by atoms with van der Waals surface area (Å²) in [7, 11) is 3.76. The molecule has 0 radical (unpaired) electrons. The van der Waals surface area contributed by atoms with Crippen LogP contribution in [0.1, 0.15) is 24.2 Å². The van der Waals surface area contributed by atoms with E-state index in [1.807, 2.05) is 0 Å². The van der Waals surface area contributed by atoms with E-state index in [4.69, 9.17) is 9.94 Å². The normalized spacial score (nSPS) is 11.7. The number of hydrogen-bond acceptors (Lipinski definition) is 5. The highest BCUT2D eigenvalue weighted by Gasteiger charge is 2.20. The molecule has 0 aliphatic carbocycles. The molecule has 0 saturated carbocycles. The van der Waals surface area contributed by atoms with Crippen molar-refractivity contribution in [2.75, 3.05) is 39.5 Å². The van der Waals surface area contributed by atoms with Crippen LogP contribution in [0.25, 0.3) is 0 Å². The summed E-state index contributed by atoms with van der Waals surface area (Å²) in [6.07, 6.45) is 0. The van der Waals surface area contributed by atoms with Crippen LogP contribution in [-0.2, 0) is 0 Å².